The van der Waals surface area contributed by atoms with Crippen LogP contribution in [0.3, 0.4) is 0 Å². The molecule has 3 heterocycles. The van der Waals surface area contributed by atoms with Crippen molar-refractivity contribution < 1.29 is 4.74 Å². The molecule has 3 aromatic rings. The maximum atomic E-state index is 5.94. The van der Waals surface area contributed by atoms with E-state index in [2.05, 4.69) is 19.9 Å². The van der Waals surface area contributed by atoms with Gasteiger partial charge in [0.05, 0.1) is 13.7 Å². The Balaban J connectivity index is 2.10. The Morgan fingerprint density at radius 1 is 1.37 bits per heavy atom. The number of aryl methyl sites for hydroxylation is 1. The lowest BCUT2D eigenvalue weighted by Gasteiger charge is -2.03. The first-order valence-corrected chi connectivity index (χ1v) is 6.48. The van der Waals surface area contributed by atoms with Gasteiger partial charge in [-0.1, -0.05) is 0 Å². The van der Waals surface area contributed by atoms with Crippen molar-refractivity contribution in [2.75, 3.05) is 12.8 Å². The fourth-order valence-corrected chi connectivity index (χ4v) is 2.61. The lowest BCUT2D eigenvalue weighted by Crippen LogP contribution is -2.05. The number of methoxy groups -OCH3 is 1. The highest BCUT2D eigenvalue weighted by atomic mass is 32.1. The summed E-state index contributed by atoms with van der Waals surface area (Å²) in [5.74, 6) is 0.799. The van der Waals surface area contributed by atoms with Crippen molar-refractivity contribution in [3.05, 3.63) is 22.4 Å². The fourth-order valence-electron chi connectivity index (χ4n) is 1.85. The van der Waals surface area contributed by atoms with Crippen LogP contribution in [0.5, 0.6) is 5.88 Å². The van der Waals surface area contributed by atoms with Crippen LogP contribution >= 0.6 is 11.3 Å². The highest BCUT2D eigenvalue weighted by molar-refractivity contribution is 7.09. The fraction of sp³-hybridized carbons (Fsp3) is 0.273. The molecule has 0 bridgehead atoms. The Bertz CT molecular complexity index is 734. The van der Waals surface area contributed by atoms with Gasteiger partial charge in [-0.15, -0.1) is 11.3 Å². The lowest BCUT2D eigenvalue weighted by molar-refractivity contribution is 0.401. The first-order valence-electron chi connectivity index (χ1n) is 5.60. The minimum Gasteiger partial charge on any atom is -0.479 e. The number of thiazole rings is 1. The van der Waals surface area contributed by atoms with Crippen molar-refractivity contribution in [1.29, 1.82) is 0 Å². The largest absolute Gasteiger partial charge is 0.479 e. The topological polar surface area (TPSA) is 91.7 Å². The van der Waals surface area contributed by atoms with Crippen molar-refractivity contribution in [1.82, 2.24) is 24.5 Å². The van der Waals surface area contributed by atoms with E-state index >= 15 is 0 Å². The molecule has 3 rings (SSSR count). The summed E-state index contributed by atoms with van der Waals surface area (Å²) in [5.41, 5.74) is 8.15. The zero-order valence-corrected chi connectivity index (χ0v) is 11.3. The molecule has 0 spiro atoms. The predicted octanol–water partition coefficient (Wildman–Crippen LogP) is 1.23. The summed E-state index contributed by atoms with van der Waals surface area (Å²) in [6.45, 7) is 2.50. The third-order valence-corrected chi connectivity index (χ3v) is 3.63. The van der Waals surface area contributed by atoms with Crippen LogP contribution in [-0.2, 0) is 6.54 Å². The van der Waals surface area contributed by atoms with E-state index in [0.29, 0.717) is 29.5 Å². The Kier molecular flexibility index (Phi) is 2.79. The van der Waals surface area contributed by atoms with Gasteiger partial charge in [-0.2, -0.15) is 4.98 Å². The maximum Gasteiger partial charge on any atom is 0.245 e. The van der Waals surface area contributed by atoms with E-state index in [-0.39, 0.29) is 0 Å². The summed E-state index contributed by atoms with van der Waals surface area (Å²) in [4.78, 5) is 16.9. The molecule has 0 atom stereocenters. The van der Waals surface area contributed by atoms with E-state index in [9.17, 15) is 0 Å². The predicted molar refractivity (Wildman–Crippen MR) is 72.2 cm³/mol. The standard InChI is InChI=1S/C11H12N6OS/c1-6-4-19-7(15-6)3-17-9-8(16-11(17)12)10(18-2)14-5-13-9/h4-5H,3H2,1-2H3,(H2,12,16). The van der Waals surface area contributed by atoms with Gasteiger partial charge in [-0.3, -0.25) is 4.57 Å². The highest BCUT2D eigenvalue weighted by Gasteiger charge is 2.15. The molecule has 0 saturated carbocycles. The number of rotatable bonds is 3. The summed E-state index contributed by atoms with van der Waals surface area (Å²) in [6.07, 6.45) is 1.44. The number of nitrogens with zero attached hydrogens (tertiary/aromatic N) is 5. The third kappa shape index (κ3) is 1.99. The molecule has 7 nitrogen and oxygen atoms in total. The van der Waals surface area contributed by atoms with Gasteiger partial charge in [0.15, 0.2) is 11.2 Å². The number of hydrogen-bond acceptors (Lipinski definition) is 7. The maximum absolute atomic E-state index is 5.94. The van der Waals surface area contributed by atoms with Crippen LogP contribution in [0, 0.1) is 6.92 Å². The van der Waals surface area contributed by atoms with Gasteiger partial charge in [-0.05, 0) is 6.92 Å². The zero-order valence-electron chi connectivity index (χ0n) is 10.5. The Morgan fingerprint density at radius 3 is 2.89 bits per heavy atom. The van der Waals surface area contributed by atoms with Crippen molar-refractivity contribution in [3.63, 3.8) is 0 Å². The van der Waals surface area contributed by atoms with Crippen molar-refractivity contribution >= 4 is 28.4 Å². The Labute approximate surface area is 113 Å². The van der Waals surface area contributed by atoms with Crippen LogP contribution in [0.15, 0.2) is 11.7 Å². The Hall–Kier alpha value is -2.22. The second kappa shape index (κ2) is 4.47. The number of imidazole rings is 1. The van der Waals surface area contributed by atoms with Gasteiger partial charge in [0.25, 0.3) is 0 Å². The van der Waals surface area contributed by atoms with Crippen LogP contribution in [0.25, 0.3) is 11.2 Å². The number of nitrogens with two attached hydrogens (primary N) is 1. The van der Waals surface area contributed by atoms with Crippen molar-refractivity contribution in [2.24, 2.45) is 0 Å². The van der Waals surface area contributed by atoms with Crippen molar-refractivity contribution in [3.8, 4) is 5.88 Å². The normalized spacial score (nSPS) is 11.1. The number of aromatic nitrogens is 5. The van der Waals surface area contributed by atoms with Crippen LogP contribution in [0.2, 0.25) is 0 Å². The molecule has 3 aromatic heterocycles. The first kappa shape index (κ1) is 11.8. The average Bonchev–Trinajstić information content (AvgIpc) is 2.94. The van der Waals surface area contributed by atoms with Gasteiger partial charge in [0, 0.05) is 11.1 Å². The van der Waals surface area contributed by atoms with E-state index in [1.165, 1.54) is 6.33 Å². The second-order valence-corrected chi connectivity index (χ2v) is 4.94. The molecule has 0 unspecified atom stereocenters. The summed E-state index contributed by atoms with van der Waals surface area (Å²) < 4.78 is 6.96. The van der Waals surface area contributed by atoms with Gasteiger partial charge in [0.2, 0.25) is 11.8 Å². The van der Waals surface area contributed by atoms with Gasteiger partial charge in [0.1, 0.15) is 11.3 Å². The first-order chi connectivity index (χ1) is 9.19. The molecule has 0 amide bonds. The van der Waals surface area contributed by atoms with Gasteiger partial charge in [-0.25, -0.2) is 15.0 Å². The second-order valence-electron chi connectivity index (χ2n) is 3.99. The van der Waals surface area contributed by atoms with Crippen LogP contribution in [0.1, 0.15) is 10.7 Å². The molecular formula is C11H12N6OS. The molecule has 19 heavy (non-hydrogen) atoms. The molecule has 8 heteroatoms. The number of anilines is 1. The molecule has 0 aliphatic carbocycles. The average molecular weight is 276 g/mol. The Morgan fingerprint density at radius 2 is 2.21 bits per heavy atom. The summed E-state index contributed by atoms with van der Waals surface area (Å²) in [6, 6.07) is 0. The molecule has 0 fully saturated rings. The minimum absolute atomic E-state index is 0.377. The molecule has 2 N–H and O–H groups in total. The van der Waals surface area contributed by atoms with Crippen LogP contribution < -0.4 is 10.5 Å². The number of ether oxygens (including phenoxy) is 1. The molecule has 0 aliphatic rings. The van der Waals surface area contributed by atoms with Crippen LogP contribution in [0.4, 0.5) is 5.95 Å². The van der Waals surface area contributed by atoms with E-state index in [1.54, 1.807) is 23.0 Å². The number of nitrogen functional groups attached to an aromatic ring is 1. The van der Waals surface area contributed by atoms with E-state index in [0.717, 1.165) is 10.7 Å². The molecule has 0 aromatic carbocycles. The smallest absolute Gasteiger partial charge is 0.245 e. The van der Waals surface area contributed by atoms with E-state index in [1.807, 2.05) is 12.3 Å². The molecular weight excluding hydrogens is 264 g/mol. The van der Waals surface area contributed by atoms with E-state index < -0.39 is 0 Å². The lowest BCUT2D eigenvalue weighted by atomic mass is 10.5. The zero-order chi connectivity index (χ0) is 13.4. The SMILES string of the molecule is COc1ncnc2c1nc(N)n2Cc1nc(C)cs1. The van der Waals surface area contributed by atoms with Gasteiger partial charge >= 0.3 is 0 Å². The molecule has 0 radical (unpaired) electrons. The molecule has 0 saturated heterocycles. The van der Waals surface area contributed by atoms with E-state index in [4.69, 9.17) is 10.5 Å². The summed E-state index contributed by atoms with van der Waals surface area (Å²) >= 11 is 1.59. The summed E-state index contributed by atoms with van der Waals surface area (Å²) in [5, 5.41) is 2.96. The number of hydrogen-bond donors (Lipinski definition) is 1. The molecule has 0 aliphatic heterocycles. The molecule has 98 valence electrons. The minimum atomic E-state index is 0.377. The van der Waals surface area contributed by atoms with Gasteiger partial charge < -0.3 is 10.5 Å². The third-order valence-electron chi connectivity index (χ3n) is 2.68. The van der Waals surface area contributed by atoms with Crippen molar-refractivity contribution in [2.45, 2.75) is 13.5 Å². The van der Waals surface area contributed by atoms with Crippen LogP contribution in [-0.4, -0.2) is 31.6 Å². The monoisotopic (exact) mass is 276 g/mol. The number of fused-ring (bicyclic) bond motifs is 1. The summed E-state index contributed by atoms with van der Waals surface area (Å²) in [7, 11) is 1.54. The quantitative estimate of drug-likeness (QED) is 0.773. The highest BCUT2D eigenvalue weighted by Crippen LogP contribution is 2.24.